The molecule has 0 bridgehead atoms. The van der Waals surface area contributed by atoms with E-state index in [1.54, 1.807) is 5.01 Å². The highest BCUT2D eigenvalue weighted by Crippen LogP contribution is 2.11. The third-order valence-corrected chi connectivity index (χ3v) is 3.33. The standard InChI is InChI=1S/C10H30N8/c1-4-6-8(16-12)10(17-13)18(14)9(5-2)7(3)15-11/h7-10,15-17H,4-6,11-14H2,1-3H3. The lowest BCUT2D eigenvalue weighted by atomic mass is 10.0. The minimum Gasteiger partial charge on any atom is -0.271 e. The molecule has 4 atom stereocenters. The molecular formula is C10H30N8. The molecule has 4 unspecified atom stereocenters. The number of hydrogen-bond donors (Lipinski definition) is 7. The number of rotatable bonds is 10. The van der Waals surface area contributed by atoms with E-state index in [1.807, 2.05) is 6.92 Å². The first-order valence-corrected chi connectivity index (χ1v) is 6.48. The molecular weight excluding hydrogens is 232 g/mol. The smallest absolute Gasteiger partial charge is 0.102 e. The molecule has 0 saturated heterocycles. The average molecular weight is 262 g/mol. The summed E-state index contributed by atoms with van der Waals surface area (Å²) in [6.07, 6.45) is 2.46. The van der Waals surface area contributed by atoms with Crippen molar-refractivity contribution >= 4 is 0 Å². The zero-order chi connectivity index (χ0) is 14.1. The van der Waals surface area contributed by atoms with Crippen LogP contribution in [0.3, 0.4) is 0 Å². The van der Waals surface area contributed by atoms with Crippen LogP contribution in [0.15, 0.2) is 0 Å². The van der Waals surface area contributed by atoms with E-state index in [0.717, 1.165) is 19.3 Å². The van der Waals surface area contributed by atoms with E-state index >= 15 is 0 Å². The predicted octanol–water partition coefficient (Wildman–Crippen LogP) is -1.79. The van der Waals surface area contributed by atoms with Gasteiger partial charge in [0.1, 0.15) is 6.17 Å². The lowest BCUT2D eigenvalue weighted by Gasteiger charge is -2.39. The Bertz CT molecular complexity index is 202. The maximum Gasteiger partial charge on any atom is 0.102 e. The van der Waals surface area contributed by atoms with Gasteiger partial charge in [0.25, 0.3) is 0 Å². The van der Waals surface area contributed by atoms with E-state index in [1.165, 1.54) is 0 Å². The van der Waals surface area contributed by atoms with Crippen LogP contribution < -0.4 is 39.6 Å². The number of nitrogens with zero attached hydrogens (tertiary/aromatic N) is 1. The Hall–Kier alpha value is -0.320. The Morgan fingerprint density at radius 1 is 1.06 bits per heavy atom. The summed E-state index contributed by atoms with van der Waals surface area (Å²) < 4.78 is 0. The Balaban J connectivity index is 4.78. The van der Waals surface area contributed by atoms with Gasteiger partial charge >= 0.3 is 0 Å². The van der Waals surface area contributed by atoms with Gasteiger partial charge in [-0.2, -0.15) is 0 Å². The molecule has 0 aliphatic heterocycles. The molecule has 0 heterocycles. The molecule has 8 heteroatoms. The summed E-state index contributed by atoms with van der Waals surface area (Å²) in [7, 11) is 0. The molecule has 0 saturated carbocycles. The van der Waals surface area contributed by atoms with Crippen molar-refractivity contribution < 1.29 is 0 Å². The molecule has 0 spiro atoms. The van der Waals surface area contributed by atoms with E-state index in [9.17, 15) is 0 Å². The highest BCUT2D eigenvalue weighted by Gasteiger charge is 2.30. The summed E-state index contributed by atoms with van der Waals surface area (Å²) in [5.74, 6) is 22.8. The molecule has 0 aromatic heterocycles. The Morgan fingerprint density at radius 3 is 2.00 bits per heavy atom. The fraction of sp³-hybridized carbons (Fsp3) is 1.00. The van der Waals surface area contributed by atoms with Crippen molar-refractivity contribution in [3.05, 3.63) is 0 Å². The van der Waals surface area contributed by atoms with Crippen LogP contribution >= 0.6 is 0 Å². The second kappa shape index (κ2) is 9.59. The summed E-state index contributed by atoms with van der Waals surface area (Å²) in [5, 5.41) is 1.69. The van der Waals surface area contributed by atoms with Gasteiger partial charge in [0.05, 0.1) is 6.04 Å². The van der Waals surface area contributed by atoms with Crippen molar-refractivity contribution in [1.29, 1.82) is 0 Å². The summed E-state index contributed by atoms with van der Waals surface area (Å²) in [6, 6.07) is 0.0867. The van der Waals surface area contributed by atoms with E-state index in [4.69, 9.17) is 23.4 Å². The second-order valence-corrected chi connectivity index (χ2v) is 4.55. The van der Waals surface area contributed by atoms with Crippen LogP contribution in [-0.2, 0) is 0 Å². The zero-order valence-electron chi connectivity index (χ0n) is 11.7. The van der Waals surface area contributed by atoms with E-state index in [-0.39, 0.29) is 24.3 Å². The van der Waals surface area contributed by atoms with E-state index in [0.29, 0.717) is 0 Å². The molecule has 0 fully saturated rings. The van der Waals surface area contributed by atoms with Crippen LogP contribution in [0.2, 0.25) is 0 Å². The Kier molecular flexibility index (Phi) is 9.42. The first-order valence-electron chi connectivity index (χ1n) is 6.48. The Labute approximate surface area is 110 Å². The number of nitrogens with one attached hydrogen (secondary N) is 3. The first kappa shape index (κ1) is 17.7. The molecule has 110 valence electrons. The lowest BCUT2D eigenvalue weighted by molar-refractivity contribution is 0.0576. The molecule has 0 aliphatic carbocycles. The highest BCUT2D eigenvalue weighted by molar-refractivity contribution is 4.84. The van der Waals surface area contributed by atoms with Crippen LogP contribution in [0.5, 0.6) is 0 Å². The van der Waals surface area contributed by atoms with Crippen LogP contribution in [0.25, 0.3) is 0 Å². The van der Waals surface area contributed by atoms with Gasteiger partial charge < -0.3 is 0 Å². The van der Waals surface area contributed by atoms with E-state index in [2.05, 4.69) is 30.1 Å². The summed E-state index contributed by atoms with van der Waals surface area (Å²) in [5.41, 5.74) is 8.20. The van der Waals surface area contributed by atoms with Crippen molar-refractivity contribution in [3.63, 3.8) is 0 Å². The van der Waals surface area contributed by atoms with Crippen LogP contribution in [0.1, 0.15) is 40.0 Å². The monoisotopic (exact) mass is 262 g/mol. The Morgan fingerprint density at radius 2 is 1.67 bits per heavy atom. The van der Waals surface area contributed by atoms with Gasteiger partial charge in [0.15, 0.2) is 0 Å². The summed E-state index contributed by atoms with van der Waals surface area (Å²) in [4.78, 5) is 0. The molecule has 0 aliphatic rings. The molecule has 18 heavy (non-hydrogen) atoms. The maximum atomic E-state index is 6.17. The SMILES string of the molecule is CCCC(NN)C(NN)N(N)C(CC)C(C)NN. The summed E-state index contributed by atoms with van der Waals surface area (Å²) >= 11 is 0. The lowest BCUT2D eigenvalue weighted by Crippen LogP contribution is -2.68. The third kappa shape index (κ3) is 4.75. The first-order chi connectivity index (χ1) is 8.56. The van der Waals surface area contributed by atoms with Gasteiger partial charge in [-0.15, -0.1) is 0 Å². The molecule has 0 radical (unpaired) electrons. The molecule has 11 N–H and O–H groups in total. The molecule has 8 nitrogen and oxygen atoms in total. The molecule has 0 aromatic carbocycles. The molecule has 0 rings (SSSR count). The van der Waals surface area contributed by atoms with Crippen molar-refractivity contribution in [2.45, 2.75) is 64.3 Å². The number of nitrogens with two attached hydrogens (primary N) is 4. The minimum absolute atomic E-state index is 0.0241. The zero-order valence-corrected chi connectivity index (χ0v) is 11.7. The van der Waals surface area contributed by atoms with Gasteiger partial charge in [0.2, 0.25) is 0 Å². The van der Waals surface area contributed by atoms with Crippen molar-refractivity contribution in [3.8, 4) is 0 Å². The summed E-state index contributed by atoms with van der Waals surface area (Å²) in [6.45, 7) is 6.11. The second-order valence-electron chi connectivity index (χ2n) is 4.55. The average Bonchev–Trinajstić information content (AvgIpc) is 2.38. The normalized spacial score (nSPS) is 18.7. The topological polar surface area (TPSA) is 143 Å². The molecule has 0 aromatic rings. The van der Waals surface area contributed by atoms with Crippen molar-refractivity contribution in [2.75, 3.05) is 0 Å². The fourth-order valence-electron chi connectivity index (χ4n) is 2.19. The number of hydrogen-bond acceptors (Lipinski definition) is 8. The van der Waals surface area contributed by atoms with Gasteiger partial charge in [-0.3, -0.25) is 34.2 Å². The maximum absolute atomic E-state index is 6.17. The van der Waals surface area contributed by atoms with Gasteiger partial charge in [-0.05, 0) is 19.8 Å². The van der Waals surface area contributed by atoms with Gasteiger partial charge in [0, 0.05) is 12.1 Å². The van der Waals surface area contributed by atoms with Crippen LogP contribution in [0.4, 0.5) is 0 Å². The largest absolute Gasteiger partial charge is 0.271 e. The minimum atomic E-state index is -0.254. The number of hydrazine groups is 4. The van der Waals surface area contributed by atoms with Gasteiger partial charge in [-0.25, -0.2) is 10.4 Å². The third-order valence-electron chi connectivity index (χ3n) is 3.33. The molecule has 0 amide bonds. The van der Waals surface area contributed by atoms with Crippen LogP contribution in [0, 0.1) is 0 Å². The van der Waals surface area contributed by atoms with Crippen LogP contribution in [-0.4, -0.2) is 29.3 Å². The predicted molar refractivity (Wildman–Crippen MR) is 74.0 cm³/mol. The quantitative estimate of drug-likeness (QED) is 0.139. The fourth-order valence-corrected chi connectivity index (χ4v) is 2.19. The van der Waals surface area contributed by atoms with Crippen molar-refractivity contribution in [2.24, 2.45) is 23.4 Å². The van der Waals surface area contributed by atoms with Crippen molar-refractivity contribution in [1.82, 2.24) is 21.3 Å². The van der Waals surface area contributed by atoms with E-state index < -0.39 is 0 Å². The highest BCUT2D eigenvalue weighted by atomic mass is 15.5. The van der Waals surface area contributed by atoms with Gasteiger partial charge in [-0.1, -0.05) is 20.3 Å².